The number of hydrogen-bond acceptors (Lipinski definition) is 5. The third-order valence-corrected chi connectivity index (χ3v) is 7.09. The van der Waals surface area contributed by atoms with Gasteiger partial charge in [0.25, 0.3) is 0 Å². The third kappa shape index (κ3) is 4.51. The van der Waals surface area contributed by atoms with E-state index in [4.69, 9.17) is 9.72 Å². The molecule has 7 heteroatoms. The van der Waals surface area contributed by atoms with E-state index in [1.165, 1.54) is 0 Å². The van der Waals surface area contributed by atoms with Crippen LogP contribution in [0.25, 0.3) is 33.1 Å². The number of nitriles is 1. The molecular formula is C24H26N4O2Si. The van der Waals surface area contributed by atoms with Crippen LogP contribution in [0.1, 0.15) is 11.3 Å². The molecule has 6 nitrogen and oxygen atoms in total. The molecular weight excluding hydrogens is 404 g/mol. The minimum atomic E-state index is -1.16. The molecule has 0 radical (unpaired) electrons. The number of benzene rings is 1. The second kappa shape index (κ2) is 8.59. The lowest BCUT2D eigenvalue weighted by molar-refractivity contribution is 0.0925. The fourth-order valence-corrected chi connectivity index (χ4v) is 4.31. The molecule has 0 bridgehead atoms. The van der Waals surface area contributed by atoms with Crippen LogP contribution in [0.3, 0.4) is 0 Å². The fraction of sp³-hybridized carbons (Fsp3) is 0.292. The molecule has 0 aliphatic carbocycles. The summed E-state index contributed by atoms with van der Waals surface area (Å²) < 4.78 is 8.04. The quantitative estimate of drug-likeness (QED) is 0.332. The highest BCUT2D eigenvalue weighted by Gasteiger charge is 2.16. The predicted octanol–water partition coefficient (Wildman–Crippen LogP) is 4.93. The lowest BCUT2D eigenvalue weighted by Gasteiger charge is -2.16. The Morgan fingerprint density at radius 1 is 1.03 bits per heavy atom. The number of aliphatic hydroxyl groups excluding tert-OH is 1. The zero-order valence-electron chi connectivity index (χ0n) is 18.1. The van der Waals surface area contributed by atoms with Gasteiger partial charge < -0.3 is 9.84 Å². The fourth-order valence-electron chi connectivity index (χ4n) is 3.55. The second-order valence-corrected chi connectivity index (χ2v) is 14.5. The van der Waals surface area contributed by atoms with Crippen LogP contribution in [0.4, 0.5) is 0 Å². The molecule has 0 spiro atoms. The van der Waals surface area contributed by atoms with Crippen molar-refractivity contribution < 1.29 is 9.84 Å². The van der Waals surface area contributed by atoms with Crippen LogP contribution >= 0.6 is 0 Å². The average Bonchev–Trinajstić information content (AvgIpc) is 3.08. The lowest BCUT2D eigenvalue weighted by Crippen LogP contribution is -2.22. The van der Waals surface area contributed by atoms with E-state index in [1.54, 1.807) is 6.20 Å². The Bertz CT molecular complexity index is 1270. The normalized spacial score (nSPS) is 11.8. The largest absolute Gasteiger partial charge is 0.392 e. The molecule has 0 aliphatic heterocycles. The Balaban J connectivity index is 1.76. The topological polar surface area (TPSA) is 84.0 Å². The summed E-state index contributed by atoms with van der Waals surface area (Å²) >= 11 is 0. The average molecular weight is 431 g/mol. The van der Waals surface area contributed by atoms with Crippen molar-refractivity contribution in [1.82, 2.24) is 14.5 Å². The van der Waals surface area contributed by atoms with Crippen LogP contribution in [-0.4, -0.2) is 34.3 Å². The van der Waals surface area contributed by atoms with Crippen molar-refractivity contribution in [3.05, 3.63) is 60.0 Å². The van der Waals surface area contributed by atoms with Gasteiger partial charge in [0.2, 0.25) is 0 Å². The molecule has 4 aromatic rings. The first kappa shape index (κ1) is 21.2. The van der Waals surface area contributed by atoms with E-state index < -0.39 is 8.07 Å². The molecule has 0 amide bonds. The van der Waals surface area contributed by atoms with E-state index in [0.717, 1.165) is 51.3 Å². The Labute approximate surface area is 182 Å². The Kier molecular flexibility index (Phi) is 5.87. The molecule has 158 valence electrons. The zero-order chi connectivity index (χ0) is 22.0. The summed E-state index contributed by atoms with van der Waals surface area (Å²) in [7, 11) is -1.16. The van der Waals surface area contributed by atoms with Crippen LogP contribution in [-0.2, 0) is 18.1 Å². The number of nitrogens with zero attached hydrogens (tertiary/aromatic N) is 4. The SMILES string of the molecule is C[Si](C)(C)CCOCn1c2cnc(C#N)cc2c2cc(-c3ccc(CO)cc3)cnc21. The van der Waals surface area contributed by atoms with Crippen LogP contribution in [0, 0.1) is 11.3 Å². The van der Waals surface area contributed by atoms with E-state index in [1.807, 2.05) is 41.1 Å². The molecule has 0 aliphatic rings. The summed E-state index contributed by atoms with van der Waals surface area (Å²) in [5.41, 5.74) is 4.97. The number of hydrogen-bond donors (Lipinski definition) is 1. The van der Waals surface area contributed by atoms with E-state index in [0.29, 0.717) is 12.4 Å². The Morgan fingerprint density at radius 3 is 2.48 bits per heavy atom. The number of ether oxygens (including phenoxy) is 1. The molecule has 1 N–H and O–H groups in total. The summed E-state index contributed by atoms with van der Waals surface area (Å²) in [5, 5.41) is 20.5. The molecule has 31 heavy (non-hydrogen) atoms. The number of aliphatic hydroxyl groups is 1. The summed E-state index contributed by atoms with van der Waals surface area (Å²) in [6.07, 6.45) is 3.58. The van der Waals surface area contributed by atoms with Crippen molar-refractivity contribution in [1.29, 1.82) is 5.26 Å². The van der Waals surface area contributed by atoms with Gasteiger partial charge in [-0.15, -0.1) is 0 Å². The van der Waals surface area contributed by atoms with Crippen LogP contribution in [0.15, 0.2) is 48.8 Å². The Morgan fingerprint density at radius 2 is 1.81 bits per heavy atom. The molecule has 1 aromatic carbocycles. The third-order valence-electron chi connectivity index (χ3n) is 5.39. The van der Waals surface area contributed by atoms with Gasteiger partial charge in [-0.1, -0.05) is 43.9 Å². The first-order valence-electron chi connectivity index (χ1n) is 10.4. The highest BCUT2D eigenvalue weighted by molar-refractivity contribution is 6.76. The van der Waals surface area contributed by atoms with Crippen molar-refractivity contribution >= 4 is 30.0 Å². The van der Waals surface area contributed by atoms with Gasteiger partial charge in [0.05, 0.1) is 18.3 Å². The van der Waals surface area contributed by atoms with Gasteiger partial charge in [0, 0.05) is 37.2 Å². The second-order valence-electron chi connectivity index (χ2n) is 8.92. The molecule has 3 aromatic heterocycles. The molecule has 4 rings (SSSR count). The van der Waals surface area contributed by atoms with Crippen molar-refractivity contribution in [3.8, 4) is 17.2 Å². The molecule has 3 heterocycles. The number of aromatic nitrogens is 3. The minimum Gasteiger partial charge on any atom is -0.392 e. The number of pyridine rings is 2. The molecule has 0 unspecified atom stereocenters. The minimum absolute atomic E-state index is 0.0205. The maximum atomic E-state index is 9.33. The molecule has 0 saturated heterocycles. The standard InChI is InChI=1S/C24H26N4O2Si/c1-31(2,3)9-8-30-16-28-23-14-26-20(12-25)11-21(23)22-10-19(13-27-24(22)28)18-6-4-17(15-29)5-7-18/h4-7,10-11,13-14,29H,8-9,15-16H2,1-3H3. The highest BCUT2D eigenvalue weighted by atomic mass is 28.3. The maximum absolute atomic E-state index is 9.33. The molecule has 0 atom stereocenters. The number of rotatable bonds is 7. The van der Waals surface area contributed by atoms with Gasteiger partial charge in [-0.2, -0.15) is 5.26 Å². The van der Waals surface area contributed by atoms with E-state index in [9.17, 15) is 10.4 Å². The summed E-state index contributed by atoms with van der Waals surface area (Å²) in [5.74, 6) is 0. The highest BCUT2D eigenvalue weighted by Crippen LogP contribution is 2.31. The van der Waals surface area contributed by atoms with Gasteiger partial charge in [0.1, 0.15) is 24.1 Å². The molecule has 0 fully saturated rings. The first-order chi connectivity index (χ1) is 14.9. The zero-order valence-corrected chi connectivity index (χ0v) is 19.1. The van der Waals surface area contributed by atoms with Gasteiger partial charge in [-0.25, -0.2) is 9.97 Å². The summed E-state index contributed by atoms with van der Waals surface area (Å²) in [6, 6.07) is 14.9. The van der Waals surface area contributed by atoms with Gasteiger partial charge in [-0.05, 0) is 29.3 Å². The van der Waals surface area contributed by atoms with Gasteiger partial charge >= 0.3 is 0 Å². The number of fused-ring (bicyclic) bond motifs is 3. The summed E-state index contributed by atoms with van der Waals surface area (Å²) in [4.78, 5) is 9.02. The van der Waals surface area contributed by atoms with Crippen molar-refractivity contribution in [2.45, 2.75) is 39.0 Å². The smallest absolute Gasteiger partial charge is 0.142 e. The first-order valence-corrected chi connectivity index (χ1v) is 14.1. The van der Waals surface area contributed by atoms with E-state index >= 15 is 0 Å². The van der Waals surface area contributed by atoms with Crippen molar-refractivity contribution in [3.63, 3.8) is 0 Å². The van der Waals surface area contributed by atoms with E-state index in [-0.39, 0.29) is 6.61 Å². The maximum Gasteiger partial charge on any atom is 0.142 e. The van der Waals surface area contributed by atoms with Gasteiger partial charge in [-0.3, -0.25) is 4.57 Å². The van der Waals surface area contributed by atoms with Crippen molar-refractivity contribution in [2.75, 3.05) is 6.61 Å². The van der Waals surface area contributed by atoms with Crippen molar-refractivity contribution in [2.24, 2.45) is 0 Å². The van der Waals surface area contributed by atoms with E-state index in [2.05, 4.69) is 36.8 Å². The van der Waals surface area contributed by atoms with Gasteiger partial charge in [0.15, 0.2) is 0 Å². The molecule has 0 saturated carbocycles. The van der Waals surface area contributed by atoms with Crippen LogP contribution < -0.4 is 0 Å². The summed E-state index contributed by atoms with van der Waals surface area (Å²) in [6.45, 7) is 8.14. The van der Waals surface area contributed by atoms with Crippen LogP contribution in [0.2, 0.25) is 25.7 Å². The van der Waals surface area contributed by atoms with Crippen LogP contribution in [0.5, 0.6) is 0 Å². The monoisotopic (exact) mass is 430 g/mol. The lowest BCUT2D eigenvalue weighted by atomic mass is 10.0. The predicted molar refractivity (Wildman–Crippen MR) is 125 cm³/mol. The Hall–Kier alpha value is -3.05.